The van der Waals surface area contributed by atoms with E-state index in [0.717, 1.165) is 24.1 Å². The first kappa shape index (κ1) is 44.2. The topological polar surface area (TPSA) is 150 Å². The predicted octanol–water partition coefficient (Wildman–Crippen LogP) is 5.65. The number of carbonyl (C=O) groups is 4. The molecule has 0 aromatic rings. The standard InChI is InChI=1S/C38H65N6O6P/c1-10-22-39-34(45)15-19-38(20-16-35(46)41-24-27(2)3,21-17-36(47)42-25-28(4)5)43-37(48)31-11-13-33(14-12-31)50-51(44(29(6)7)30(8)9)49-23-18-32-26-40-32/h10,29-31,33H,1-2,4,11-26H2,3,5-9H3,(H,39,45)(H,41,46)(H,42,47)(H,43,48). The minimum Gasteiger partial charge on any atom is -0.353 e. The van der Waals surface area contributed by atoms with Gasteiger partial charge in [0.2, 0.25) is 23.6 Å². The van der Waals surface area contributed by atoms with Crippen LogP contribution < -0.4 is 21.3 Å². The molecule has 0 aromatic carbocycles. The van der Waals surface area contributed by atoms with E-state index < -0.39 is 14.1 Å². The van der Waals surface area contributed by atoms with Crippen LogP contribution in [0.5, 0.6) is 0 Å². The fourth-order valence-electron chi connectivity index (χ4n) is 6.07. The van der Waals surface area contributed by atoms with Crippen molar-refractivity contribution in [3.8, 4) is 0 Å². The summed E-state index contributed by atoms with van der Waals surface area (Å²) in [4.78, 5) is 56.8. The van der Waals surface area contributed by atoms with Crippen molar-refractivity contribution in [1.29, 1.82) is 0 Å². The highest BCUT2D eigenvalue weighted by atomic mass is 31.2. The fraction of sp³-hybridized carbons (Fsp3) is 0.711. The van der Waals surface area contributed by atoms with Gasteiger partial charge in [-0.2, -0.15) is 0 Å². The number of amides is 4. The van der Waals surface area contributed by atoms with Crippen LogP contribution in [-0.2, 0) is 28.2 Å². The molecule has 1 aliphatic carbocycles. The fourth-order valence-corrected chi connectivity index (χ4v) is 7.84. The number of hydrogen-bond acceptors (Lipinski definition) is 8. The van der Waals surface area contributed by atoms with E-state index in [-0.39, 0.29) is 86.3 Å². The quantitative estimate of drug-likeness (QED) is 0.0663. The van der Waals surface area contributed by atoms with Crippen molar-refractivity contribution in [2.45, 2.75) is 136 Å². The lowest BCUT2D eigenvalue weighted by Gasteiger charge is -2.39. The molecule has 4 amide bonds. The molecule has 288 valence electrons. The summed E-state index contributed by atoms with van der Waals surface area (Å²) in [5, 5.41) is 11.8. The zero-order chi connectivity index (χ0) is 38.0. The normalized spacial score (nSPS) is 17.8. The molecule has 1 unspecified atom stereocenters. The molecule has 2 aliphatic rings. The summed E-state index contributed by atoms with van der Waals surface area (Å²) in [5.74, 6) is -0.945. The molecule has 1 heterocycles. The van der Waals surface area contributed by atoms with Crippen molar-refractivity contribution in [1.82, 2.24) is 25.9 Å². The van der Waals surface area contributed by atoms with Crippen molar-refractivity contribution >= 4 is 37.9 Å². The number of nitrogens with one attached hydrogen (secondary N) is 4. The molecule has 13 heteroatoms. The summed E-state index contributed by atoms with van der Waals surface area (Å²) < 4.78 is 15.3. The first-order chi connectivity index (χ1) is 24.1. The second-order valence-corrected chi connectivity index (χ2v) is 16.1. The Labute approximate surface area is 308 Å². The van der Waals surface area contributed by atoms with Gasteiger partial charge in [0.05, 0.1) is 19.3 Å². The Kier molecular flexibility index (Phi) is 19.9. The third-order valence-electron chi connectivity index (χ3n) is 9.00. The molecule has 1 aliphatic heterocycles. The Balaban J connectivity index is 2.19. The number of nitrogens with zero attached hydrogens (tertiary/aromatic N) is 2. The van der Waals surface area contributed by atoms with Gasteiger partial charge < -0.3 is 30.3 Å². The third-order valence-corrected chi connectivity index (χ3v) is 11.2. The highest BCUT2D eigenvalue weighted by Gasteiger charge is 2.38. The molecule has 0 radical (unpaired) electrons. The SMILES string of the molecule is C=CCNC(=O)CCC(CCC(=O)NCC(=C)C)(CCC(=O)NCC(=C)C)NC(=O)C1CCC(OP(OCCC2=NC2)N(C(C)C)C(C)C)CC1. The average Bonchev–Trinajstić information content (AvgIpc) is 3.90. The first-order valence-corrected chi connectivity index (χ1v) is 19.7. The van der Waals surface area contributed by atoms with Crippen LogP contribution in [0.1, 0.15) is 112 Å². The lowest BCUT2D eigenvalue weighted by Crippen LogP contribution is -2.52. The van der Waals surface area contributed by atoms with Gasteiger partial charge in [0.25, 0.3) is 8.53 Å². The molecule has 2 rings (SSSR count). The van der Waals surface area contributed by atoms with Crippen molar-refractivity contribution in [2.24, 2.45) is 10.9 Å². The molecule has 12 nitrogen and oxygen atoms in total. The largest absolute Gasteiger partial charge is 0.353 e. The molecule has 0 saturated heterocycles. The van der Waals surface area contributed by atoms with E-state index >= 15 is 0 Å². The maximum absolute atomic E-state index is 14.0. The van der Waals surface area contributed by atoms with Crippen LogP contribution in [0.25, 0.3) is 0 Å². The average molecular weight is 733 g/mol. The zero-order valence-electron chi connectivity index (χ0n) is 32.1. The van der Waals surface area contributed by atoms with Gasteiger partial charge in [0.1, 0.15) is 0 Å². The van der Waals surface area contributed by atoms with Crippen LogP contribution >= 0.6 is 8.53 Å². The van der Waals surface area contributed by atoms with Gasteiger partial charge in [0, 0.05) is 74.6 Å². The maximum Gasteiger partial charge on any atom is 0.259 e. The third kappa shape index (κ3) is 17.9. The van der Waals surface area contributed by atoms with Crippen LogP contribution in [-0.4, -0.2) is 90.5 Å². The Morgan fingerprint density at radius 1 is 0.882 bits per heavy atom. The summed E-state index contributed by atoms with van der Waals surface area (Å²) >= 11 is 0. The van der Waals surface area contributed by atoms with E-state index in [4.69, 9.17) is 9.05 Å². The predicted molar refractivity (Wildman–Crippen MR) is 206 cm³/mol. The first-order valence-electron chi connectivity index (χ1n) is 18.6. The molecule has 1 fully saturated rings. The summed E-state index contributed by atoms with van der Waals surface area (Å²) in [7, 11) is -1.29. The maximum atomic E-state index is 14.0. The molecular formula is C38H65N6O6P. The van der Waals surface area contributed by atoms with Crippen molar-refractivity contribution in [3.05, 3.63) is 37.0 Å². The summed E-state index contributed by atoms with van der Waals surface area (Å²) in [6.45, 7) is 26.1. The highest BCUT2D eigenvalue weighted by molar-refractivity contribution is 7.44. The Morgan fingerprint density at radius 3 is 1.80 bits per heavy atom. The van der Waals surface area contributed by atoms with Crippen molar-refractivity contribution in [3.63, 3.8) is 0 Å². The van der Waals surface area contributed by atoms with Gasteiger partial charge in [-0.05, 0) is 86.5 Å². The van der Waals surface area contributed by atoms with E-state index in [9.17, 15) is 19.2 Å². The number of carbonyl (C=O) groups excluding carboxylic acids is 4. The highest BCUT2D eigenvalue weighted by Crippen LogP contribution is 2.49. The number of hydrogen-bond donors (Lipinski definition) is 4. The minimum absolute atomic E-state index is 0.0363. The van der Waals surface area contributed by atoms with E-state index in [0.29, 0.717) is 51.9 Å². The van der Waals surface area contributed by atoms with Gasteiger partial charge in [-0.25, -0.2) is 4.67 Å². The van der Waals surface area contributed by atoms with Crippen molar-refractivity contribution in [2.75, 3.05) is 32.8 Å². The van der Waals surface area contributed by atoms with Crippen LogP contribution in [0.4, 0.5) is 0 Å². The smallest absolute Gasteiger partial charge is 0.259 e. The van der Waals surface area contributed by atoms with E-state index in [2.05, 4.69) is 78.4 Å². The minimum atomic E-state index is -1.29. The molecule has 0 aromatic heterocycles. The number of aliphatic imine (C=N–C) groups is 1. The molecule has 4 N–H and O–H groups in total. The number of rotatable bonds is 26. The van der Waals surface area contributed by atoms with Crippen LogP contribution in [0, 0.1) is 5.92 Å². The van der Waals surface area contributed by atoms with Gasteiger partial charge in [-0.3, -0.25) is 24.2 Å². The van der Waals surface area contributed by atoms with E-state index in [1.54, 1.807) is 6.08 Å². The van der Waals surface area contributed by atoms with Gasteiger partial charge in [-0.1, -0.05) is 30.4 Å². The van der Waals surface area contributed by atoms with Crippen LogP contribution in [0.2, 0.25) is 0 Å². The molecule has 51 heavy (non-hydrogen) atoms. The Bertz CT molecular complexity index is 1190. The second kappa shape index (κ2) is 22.9. The summed E-state index contributed by atoms with van der Waals surface area (Å²) in [6, 6.07) is 0.489. The van der Waals surface area contributed by atoms with E-state index in [1.165, 1.54) is 5.71 Å². The zero-order valence-corrected chi connectivity index (χ0v) is 33.0. The van der Waals surface area contributed by atoms with Gasteiger partial charge >= 0.3 is 0 Å². The Morgan fingerprint density at radius 2 is 1.37 bits per heavy atom. The van der Waals surface area contributed by atoms with Gasteiger partial charge in [-0.15, -0.1) is 6.58 Å². The monoisotopic (exact) mass is 732 g/mol. The lowest BCUT2D eigenvalue weighted by atomic mass is 9.81. The van der Waals surface area contributed by atoms with Crippen LogP contribution in [0.3, 0.4) is 0 Å². The Hall–Kier alpha value is -2.92. The molecule has 0 bridgehead atoms. The summed E-state index contributed by atoms with van der Waals surface area (Å²) in [6.07, 6.45) is 6.25. The molecule has 1 saturated carbocycles. The lowest BCUT2D eigenvalue weighted by molar-refractivity contribution is -0.131. The molecular weight excluding hydrogens is 667 g/mol. The summed E-state index contributed by atoms with van der Waals surface area (Å²) in [5.41, 5.74) is 1.87. The van der Waals surface area contributed by atoms with Crippen molar-refractivity contribution < 1.29 is 28.2 Å². The van der Waals surface area contributed by atoms with Gasteiger partial charge in [0.15, 0.2) is 0 Å². The molecule has 1 atom stereocenters. The molecule has 0 spiro atoms. The van der Waals surface area contributed by atoms with Crippen LogP contribution in [0.15, 0.2) is 42.0 Å². The van der Waals surface area contributed by atoms with E-state index in [1.807, 2.05) is 13.8 Å². The second-order valence-electron chi connectivity index (χ2n) is 14.7.